The Hall–Kier alpha value is -3.03. The van der Waals surface area contributed by atoms with Gasteiger partial charge in [-0.05, 0) is 25.5 Å². The van der Waals surface area contributed by atoms with E-state index in [1.807, 2.05) is 19.1 Å². The third-order valence-electron chi connectivity index (χ3n) is 3.99. The number of aryl methyl sites for hydroxylation is 1. The SMILES string of the molecule is Cc1[nH]ncc1C(=O)N1CCC1c1nc(-c2cccnc2)no1. The van der Waals surface area contributed by atoms with Gasteiger partial charge in [-0.2, -0.15) is 10.1 Å². The highest BCUT2D eigenvalue weighted by Crippen LogP contribution is 2.34. The second kappa shape index (κ2) is 5.31. The molecule has 4 rings (SSSR count). The minimum absolute atomic E-state index is 0.0753. The summed E-state index contributed by atoms with van der Waals surface area (Å²) < 4.78 is 5.34. The Bertz CT molecular complexity index is 841. The molecule has 3 aromatic rings. The molecular weight excluding hydrogens is 296 g/mol. The number of pyridine rings is 1. The Morgan fingerprint density at radius 2 is 2.35 bits per heavy atom. The van der Waals surface area contributed by atoms with Gasteiger partial charge < -0.3 is 9.42 Å². The van der Waals surface area contributed by atoms with Gasteiger partial charge in [0.25, 0.3) is 5.91 Å². The number of hydrogen-bond donors (Lipinski definition) is 1. The van der Waals surface area contributed by atoms with Crippen molar-refractivity contribution in [2.24, 2.45) is 0 Å². The first-order valence-electron chi connectivity index (χ1n) is 7.29. The van der Waals surface area contributed by atoms with Crippen molar-refractivity contribution in [2.75, 3.05) is 6.54 Å². The lowest BCUT2D eigenvalue weighted by molar-refractivity contribution is 0.0378. The molecule has 8 heteroatoms. The van der Waals surface area contributed by atoms with Gasteiger partial charge in [0.15, 0.2) is 0 Å². The van der Waals surface area contributed by atoms with Crippen LogP contribution in [-0.2, 0) is 0 Å². The van der Waals surface area contributed by atoms with E-state index in [1.54, 1.807) is 23.5 Å². The van der Waals surface area contributed by atoms with Crippen LogP contribution in [0.1, 0.15) is 34.4 Å². The molecule has 1 aliphatic heterocycles. The van der Waals surface area contributed by atoms with Crippen molar-refractivity contribution < 1.29 is 9.32 Å². The van der Waals surface area contributed by atoms with Gasteiger partial charge >= 0.3 is 0 Å². The van der Waals surface area contributed by atoms with Crippen molar-refractivity contribution in [1.29, 1.82) is 0 Å². The second-order valence-electron chi connectivity index (χ2n) is 5.41. The van der Waals surface area contributed by atoms with Gasteiger partial charge in [-0.1, -0.05) is 5.16 Å². The maximum Gasteiger partial charge on any atom is 0.257 e. The summed E-state index contributed by atoms with van der Waals surface area (Å²) in [7, 11) is 0. The number of nitrogens with one attached hydrogen (secondary N) is 1. The summed E-state index contributed by atoms with van der Waals surface area (Å²) in [6, 6.07) is 3.49. The number of nitrogens with zero attached hydrogens (tertiary/aromatic N) is 5. The van der Waals surface area contributed by atoms with Crippen molar-refractivity contribution >= 4 is 5.91 Å². The maximum absolute atomic E-state index is 12.5. The van der Waals surface area contributed by atoms with Gasteiger partial charge in [-0.3, -0.25) is 14.9 Å². The summed E-state index contributed by atoms with van der Waals surface area (Å²) in [6.07, 6.45) is 5.70. The number of carbonyl (C=O) groups is 1. The van der Waals surface area contributed by atoms with Gasteiger partial charge in [-0.15, -0.1) is 0 Å². The van der Waals surface area contributed by atoms with Crippen molar-refractivity contribution in [3.63, 3.8) is 0 Å². The molecule has 0 radical (unpaired) electrons. The molecular formula is C15H14N6O2. The van der Waals surface area contributed by atoms with Crippen molar-refractivity contribution in [2.45, 2.75) is 19.4 Å². The van der Waals surface area contributed by atoms with Crippen LogP contribution in [0.2, 0.25) is 0 Å². The zero-order valence-corrected chi connectivity index (χ0v) is 12.4. The van der Waals surface area contributed by atoms with E-state index in [0.717, 1.165) is 17.7 Å². The lowest BCUT2D eigenvalue weighted by atomic mass is 10.0. The minimum atomic E-state index is -0.185. The van der Waals surface area contributed by atoms with E-state index in [4.69, 9.17) is 4.52 Å². The molecule has 0 spiro atoms. The smallest absolute Gasteiger partial charge is 0.257 e. The standard InChI is InChI=1S/C15H14N6O2/c1-9-11(8-17-19-9)15(22)21-6-4-12(21)14-18-13(20-23-14)10-3-2-5-16-7-10/h2-3,5,7-8,12H,4,6H2,1H3,(H,17,19). The lowest BCUT2D eigenvalue weighted by Crippen LogP contribution is -2.45. The number of rotatable bonds is 3. The van der Waals surface area contributed by atoms with Crippen molar-refractivity contribution in [1.82, 2.24) is 30.2 Å². The van der Waals surface area contributed by atoms with E-state index in [9.17, 15) is 4.79 Å². The predicted molar refractivity (Wildman–Crippen MR) is 79.2 cm³/mol. The molecule has 1 saturated heterocycles. The van der Waals surface area contributed by atoms with Crippen molar-refractivity contribution in [3.8, 4) is 11.4 Å². The van der Waals surface area contributed by atoms with E-state index in [0.29, 0.717) is 23.8 Å². The molecule has 4 heterocycles. The number of aromatic nitrogens is 5. The fraction of sp³-hybridized carbons (Fsp3) is 0.267. The molecule has 1 unspecified atom stereocenters. The summed E-state index contributed by atoms with van der Waals surface area (Å²) in [5, 5.41) is 10.7. The van der Waals surface area contributed by atoms with Gasteiger partial charge in [0.05, 0.1) is 11.8 Å². The molecule has 1 aliphatic rings. The Labute approximate surface area is 131 Å². The molecule has 0 saturated carbocycles. The quantitative estimate of drug-likeness (QED) is 0.791. The molecule has 23 heavy (non-hydrogen) atoms. The Morgan fingerprint density at radius 1 is 1.43 bits per heavy atom. The summed E-state index contributed by atoms with van der Waals surface area (Å²) in [4.78, 5) is 22.7. The summed E-state index contributed by atoms with van der Waals surface area (Å²) >= 11 is 0. The summed E-state index contributed by atoms with van der Waals surface area (Å²) in [5.41, 5.74) is 2.11. The van der Waals surface area contributed by atoms with Crippen LogP contribution in [0.4, 0.5) is 0 Å². The largest absolute Gasteiger partial charge is 0.337 e. The highest BCUT2D eigenvalue weighted by atomic mass is 16.5. The Balaban J connectivity index is 1.56. The number of hydrogen-bond acceptors (Lipinski definition) is 6. The van der Waals surface area contributed by atoms with Gasteiger partial charge in [0.2, 0.25) is 11.7 Å². The number of aromatic amines is 1. The molecule has 3 aromatic heterocycles. The highest BCUT2D eigenvalue weighted by molar-refractivity contribution is 5.95. The van der Waals surface area contributed by atoms with Crippen LogP contribution in [0.5, 0.6) is 0 Å². The third-order valence-corrected chi connectivity index (χ3v) is 3.99. The average Bonchev–Trinajstić information content (AvgIpc) is 3.16. The number of likely N-dealkylation sites (tertiary alicyclic amines) is 1. The van der Waals surface area contributed by atoms with E-state index in [1.165, 1.54) is 0 Å². The molecule has 8 nitrogen and oxygen atoms in total. The zero-order valence-electron chi connectivity index (χ0n) is 12.4. The normalized spacial score (nSPS) is 17.1. The highest BCUT2D eigenvalue weighted by Gasteiger charge is 2.38. The number of carbonyl (C=O) groups excluding carboxylic acids is 1. The zero-order chi connectivity index (χ0) is 15.8. The van der Waals surface area contributed by atoms with Crippen LogP contribution in [0.3, 0.4) is 0 Å². The predicted octanol–water partition coefficient (Wildman–Crippen LogP) is 1.75. The van der Waals surface area contributed by atoms with Crippen LogP contribution in [-0.4, -0.2) is 42.7 Å². The summed E-state index contributed by atoms with van der Waals surface area (Å²) in [5.74, 6) is 0.852. The number of H-pyrrole nitrogens is 1. The molecule has 0 aromatic carbocycles. The van der Waals surface area contributed by atoms with Crippen molar-refractivity contribution in [3.05, 3.63) is 47.9 Å². The topological polar surface area (TPSA) is 101 Å². The summed E-state index contributed by atoms with van der Waals surface area (Å²) in [6.45, 7) is 2.49. The molecule has 0 aliphatic carbocycles. The van der Waals surface area contributed by atoms with Crippen LogP contribution in [0.15, 0.2) is 35.2 Å². The first-order chi connectivity index (χ1) is 11.2. The molecule has 1 amide bonds. The Kier molecular flexibility index (Phi) is 3.14. The van der Waals surface area contributed by atoms with E-state index >= 15 is 0 Å². The van der Waals surface area contributed by atoms with Crippen LogP contribution in [0.25, 0.3) is 11.4 Å². The van der Waals surface area contributed by atoms with Crippen LogP contribution in [0, 0.1) is 6.92 Å². The first-order valence-corrected chi connectivity index (χ1v) is 7.29. The van der Waals surface area contributed by atoms with Gasteiger partial charge in [0, 0.05) is 30.2 Å². The first kappa shape index (κ1) is 13.6. The molecule has 116 valence electrons. The average molecular weight is 310 g/mol. The van der Waals surface area contributed by atoms with E-state index in [2.05, 4.69) is 25.3 Å². The molecule has 0 bridgehead atoms. The molecule has 1 N–H and O–H groups in total. The number of amides is 1. The minimum Gasteiger partial charge on any atom is -0.337 e. The monoisotopic (exact) mass is 310 g/mol. The fourth-order valence-corrected chi connectivity index (χ4v) is 2.59. The Morgan fingerprint density at radius 3 is 3.00 bits per heavy atom. The van der Waals surface area contributed by atoms with E-state index in [-0.39, 0.29) is 11.9 Å². The molecule has 1 fully saturated rings. The maximum atomic E-state index is 12.5. The van der Waals surface area contributed by atoms with Gasteiger partial charge in [-0.25, -0.2) is 0 Å². The van der Waals surface area contributed by atoms with Crippen LogP contribution >= 0.6 is 0 Å². The lowest BCUT2D eigenvalue weighted by Gasteiger charge is -2.38. The van der Waals surface area contributed by atoms with Gasteiger partial charge in [0.1, 0.15) is 6.04 Å². The second-order valence-corrected chi connectivity index (χ2v) is 5.41. The molecule has 1 atom stereocenters. The fourth-order valence-electron chi connectivity index (χ4n) is 2.59. The third kappa shape index (κ3) is 2.28. The van der Waals surface area contributed by atoms with E-state index < -0.39 is 0 Å². The van der Waals surface area contributed by atoms with Crippen LogP contribution < -0.4 is 0 Å².